The van der Waals surface area contributed by atoms with E-state index in [1.165, 1.54) is 28.6 Å². The molecule has 1 aromatic carbocycles. The molecule has 1 N–H and O–H groups in total. The van der Waals surface area contributed by atoms with Gasteiger partial charge in [-0.2, -0.15) is 0 Å². The number of aryl methyl sites for hydroxylation is 1. The molecule has 21 heavy (non-hydrogen) atoms. The lowest BCUT2D eigenvalue weighted by Gasteiger charge is -2.13. The van der Waals surface area contributed by atoms with Gasteiger partial charge in [0.05, 0.1) is 0 Å². The second-order valence-corrected chi connectivity index (χ2v) is 5.84. The van der Waals surface area contributed by atoms with Gasteiger partial charge in [0, 0.05) is 12.0 Å². The monoisotopic (exact) mass is 278 g/mol. The van der Waals surface area contributed by atoms with Gasteiger partial charge in [-0.25, -0.2) is 0 Å². The van der Waals surface area contributed by atoms with Crippen molar-refractivity contribution in [3.8, 4) is 0 Å². The molecule has 0 aliphatic heterocycles. The van der Waals surface area contributed by atoms with Gasteiger partial charge in [0.1, 0.15) is 5.82 Å². The van der Waals surface area contributed by atoms with Crippen LogP contribution in [0, 0.1) is 5.92 Å². The Bertz CT molecular complexity index is 826. The van der Waals surface area contributed by atoms with Gasteiger partial charge in [0.15, 0.2) is 5.65 Å². The fraction of sp³-hybridized carbons (Fsp3) is 0.333. The molecule has 0 amide bonds. The molecule has 2 aliphatic rings. The summed E-state index contributed by atoms with van der Waals surface area (Å²) >= 11 is 0. The van der Waals surface area contributed by atoms with Crippen LogP contribution < -0.4 is 5.32 Å². The molecule has 1 saturated carbocycles. The number of anilines is 1. The van der Waals surface area contributed by atoms with E-state index in [0.29, 0.717) is 17.6 Å². The lowest BCUT2D eigenvalue weighted by molar-refractivity contribution is 0.660. The Morgan fingerprint density at radius 2 is 2.10 bits per heavy atom. The molecule has 0 radical (unpaired) electrons. The largest absolute Gasteiger partial charge is 0.365 e. The van der Waals surface area contributed by atoms with Crippen LogP contribution in [-0.4, -0.2) is 31.3 Å². The predicted octanol–water partition coefficient (Wildman–Crippen LogP) is 1.66. The van der Waals surface area contributed by atoms with Crippen molar-refractivity contribution in [2.24, 2.45) is 5.92 Å². The highest BCUT2D eigenvalue weighted by Gasteiger charge is 2.53. The molecular formula is C15H14N6. The number of hydrogen-bond donors (Lipinski definition) is 1. The van der Waals surface area contributed by atoms with Gasteiger partial charge in [0.2, 0.25) is 0 Å². The van der Waals surface area contributed by atoms with E-state index in [2.05, 4.69) is 50.2 Å². The molecule has 0 spiro atoms. The van der Waals surface area contributed by atoms with Crippen molar-refractivity contribution in [2.75, 3.05) is 5.32 Å². The molecule has 3 atom stereocenters. The molecule has 104 valence electrons. The maximum Gasteiger partial charge on any atom is 0.200 e. The third-order valence-electron chi connectivity index (χ3n) is 4.71. The van der Waals surface area contributed by atoms with Crippen molar-refractivity contribution in [3.05, 3.63) is 47.5 Å². The van der Waals surface area contributed by atoms with Crippen molar-refractivity contribution in [1.82, 2.24) is 25.3 Å². The maximum atomic E-state index is 4.40. The smallest absolute Gasteiger partial charge is 0.200 e. The number of fused-ring (bicyclic) bond motifs is 4. The summed E-state index contributed by atoms with van der Waals surface area (Å²) in [6.07, 6.45) is 2.45. The van der Waals surface area contributed by atoms with Gasteiger partial charge < -0.3 is 5.32 Å². The molecule has 0 saturated heterocycles. The zero-order valence-electron chi connectivity index (χ0n) is 11.3. The molecule has 0 bridgehead atoms. The van der Waals surface area contributed by atoms with E-state index in [4.69, 9.17) is 0 Å². The van der Waals surface area contributed by atoms with Gasteiger partial charge in [-0.3, -0.25) is 0 Å². The van der Waals surface area contributed by atoms with E-state index in [-0.39, 0.29) is 0 Å². The Kier molecular flexibility index (Phi) is 2.13. The predicted molar refractivity (Wildman–Crippen MR) is 77.0 cm³/mol. The van der Waals surface area contributed by atoms with Crippen LogP contribution in [0.4, 0.5) is 5.82 Å². The summed E-state index contributed by atoms with van der Waals surface area (Å²) in [5.41, 5.74) is 3.68. The molecule has 1 fully saturated rings. The normalized spacial score (nSPS) is 26.2. The molecule has 3 unspecified atom stereocenters. The number of benzene rings is 1. The summed E-state index contributed by atoms with van der Waals surface area (Å²) < 4.78 is 1.46. The average molecular weight is 278 g/mol. The Hall–Kier alpha value is -2.50. The molecule has 3 aromatic rings. The topological polar surface area (TPSA) is 68.0 Å². The van der Waals surface area contributed by atoms with Crippen molar-refractivity contribution in [2.45, 2.75) is 24.8 Å². The van der Waals surface area contributed by atoms with Gasteiger partial charge in [0.25, 0.3) is 0 Å². The van der Waals surface area contributed by atoms with Crippen molar-refractivity contribution >= 4 is 11.5 Å². The minimum absolute atomic E-state index is 0.482. The number of hydrogen-bond acceptors (Lipinski definition) is 5. The van der Waals surface area contributed by atoms with Crippen LogP contribution in [0.1, 0.15) is 23.5 Å². The zero-order valence-corrected chi connectivity index (χ0v) is 11.3. The lowest BCUT2D eigenvalue weighted by Crippen LogP contribution is -2.09. The van der Waals surface area contributed by atoms with E-state index >= 15 is 0 Å². The van der Waals surface area contributed by atoms with Crippen molar-refractivity contribution in [3.63, 3.8) is 0 Å². The lowest BCUT2D eigenvalue weighted by atomic mass is 9.92. The second kappa shape index (κ2) is 4.00. The summed E-state index contributed by atoms with van der Waals surface area (Å²) in [4.78, 5) is 0. The Balaban J connectivity index is 1.43. The first-order valence-corrected chi connectivity index (χ1v) is 7.30. The number of nitrogens with one attached hydrogen (secondary N) is 1. The Labute approximate surface area is 121 Å². The van der Waals surface area contributed by atoms with Crippen LogP contribution in [0.25, 0.3) is 5.65 Å². The first-order chi connectivity index (χ1) is 10.4. The molecule has 2 heterocycles. The summed E-state index contributed by atoms with van der Waals surface area (Å²) in [5, 5.41) is 19.3. The fourth-order valence-corrected chi connectivity index (χ4v) is 3.66. The van der Waals surface area contributed by atoms with Crippen LogP contribution in [0.2, 0.25) is 0 Å². The molecule has 2 aromatic heterocycles. The van der Waals surface area contributed by atoms with Crippen LogP contribution in [0.15, 0.2) is 36.4 Å². The Morgan fingerprint density at radius 3 is 3.10 bits per heavy atom. The van der Waals surface area contributed by atoms with E-state index in [9.17, 15) is 0 Å². The highest BCUT2D eigenvalue weighted by Crippen LogP contribution is 2.55. The van der Waals surface area contributed by atoms with Gasteiger partial charge >= 0.3 is 0 Å². The minimum atomic E-state index is 0.482. The highest BCUT2D eigenvalue weighted by molar-refractivity contribution is 5.49. The molecular weight excluding hydrogens is 264 g/mol. The van der Waals surface area contributed by atoms with Gasteiger partial charge in [-0.05, 0) is 52.4 Å². The van der Waals surface area contributed by atoms with E-state index < -0.39 is 0 Å². The first-order valence-electron chi connectivity index (χ1n) is 7.30. The maximum absolute atomic E-state index is 4.40. The highest BCUT2D eigenvalue weighted by atomic mass is 15.6. The van der Waals surface area contributed by atoms with E-state index in [1.807, 2.05) is 12.1 Å². The minimum Gasteiger partial charge on any atom is -0.365 e. The number of aromatic nitrogens is 5. The molecule has 5 rings (SSSR count). The van der Waals surface area contributed by atoms with Gasteiger partial charge in [-0.15, -0.1) is 14.8 Å². The summed E-state index contributed by atoms with van der Waals surface area (Å²) in [6, 6.07) is 13.1. The molecule has 6 heteroatoms. The van der Waals surface area contributed by atoms with Crippen LogP contribution in [0.5, 0.6) is 0 Å². The standard InChI is InChI=1S/C15H14N6/c1-2-4-10-9(3-1)5-6-11-14(10)15(11)16-12-7-8-13-17-19-20-21(13)18-12/h1-4,7-8,11,14-15H,5-6H2,(H,16,18). The number of rotatable bonds is 2. The van der Waals surface area contributed by atoms with E-state index in [0.717, 1.165) is 11.7 Å². The van der Waals surface area contributed by atoms with Crippen LogP contribution in [-0.2, 0) is 6.42 Å². The van der Waals surface area contributed by atoms with E-state index in [1.54, 1.807) is 0 Å². The quantitative estimate of drug-likeness (QED) is 0.772. The van der Waals surface area contributed by atoms with Crippen LogP contribution >= 0.6 is 0 Å². The summed E-state index contributed by atoms with van der Waals surface area (Å²) in [5.74, 6) is 2.19. The summed E-state index contributed by atoms with van der Waals surface area (Å²) in [6.45, 7) is 0. The summed E-state index contributed by atoms with van der Waals surface area (Å²) in [7, 11) is 0. The SMILES string of the molecule is c1ccc2c(c1)CCC1C(Nc3ccc4nnnn4n3)C21. The third kappa shape index (κ3) is 1.65. The molecule has 2 aliphatic carbocycles. The van der Waals surface area contributed by atoms with Crippen molar-refractivity contribution in [1.29, 1.82) is 0 Å². The fourth-order valence-electron chi connectivity index (χ4n) is 3.66. The zero-order chi connectivity index (χ0) is 13.8. The average Bonchev–Trinajstić information content (AvgIpc) is 3.02. The second-order valence-electron chi connectivity index (χ2n) is 5.84. The number of nitrogens with zero attached hydrogens (tertiary/aromatic N) is 5. The van der Waals surface area contributed by atoms with Crippen molar-refractivity contribution < 1.29 is 0 Å². The Morgan fingerprint density at radius 1 is 1.14 bits per heavy atom. The number of tetrazole rings is 1. The van der Waals surface area contributed by atoms with Gasteiger partial charge in [-0.1, -0.05) is 24.3 Å². The first kappa shape index (κ1) is 11.2. The third-order valence-corrected chi connectivity index (χ3v) is 4.71. The van der Waals surface area contributed by atoms with Crippen LogP contribution in [0.3, 0.4) is 0 Å². The molecule has 6 nitrogen and oxygen atoms in total.